The van der Waals surface area contributed by atoms with Gasteiger partial charge in [0.15, 0.2) is 0 Å². The highest BCUT2D eigenvalue weighted by Crippen LogP contribution is 2.33. The van der Waals surface area contributed by atoms with E-state index in [1.54, 1.807) is 0 Å². The van der Waals surface area contributed by atoms with Gasteiger partial charge in [0.2, 0.25) is 0 Å². The lowest BCUT2D eigenvalue weighted by Crippen LogP contribution is -2.15. The van der Waals surface area contributed by atoms with Crippen LogP contribution in [-0.4, -0.2) is 0 Å². The number of unbranched alkanes of at least 4 members (excludes halogenated alkanes) is 5. The molecule has 0 radical (unpaired) electrons. The van der Waals surface area contributed by atoms with Gasteiger partial charge in [-0.2, -0.15) is 0 Å². The van der Waals surface area contributed by atoms with Crippen LogP contribution in [0, 0.1) is 23.7 Å². The molecule has 2 aliphatic rings. The van der Waals surface area contributed by atoms with Gasteiger partial charge in [0.05, 0.1) is 0 Å². The van der Waals surface area contributed by atoms with Crippen molar-refractivity contribution < 1.29 is 0 Å². The second-order valence-corrected chi connectivity index (χ2v) is 9.45. The first-order valence-electron chi connectivity index (χ1n) is 11.8. The second kappa shape index (κ2) is 12.4. The first-order valence-corrected chi connectivity index (χ1v) is 11.8. The second-order valence-electron chi connectivity index (χ2n) is 9.45. The van der Waals surface area contributed by atoms with Gasteiger partial charge < -0.3 is 0 Å². The Morgan fingerprint density at radius 1 is 0.500 bits per heavy atom. The van der Waals surface area contributed by atoms with E-state index in [0.717, 1.165) is 23.7 Å². The minimum absolute atomic E-state index is 1.00. The maximum absolute atomic E-state index is 2.53. The fraction of sp³-hybridized carbons (Fsp3) is 1.00. The van der Waals surface area contributed by atoms with Crippen molar-refractivity contribution in [1.82, 2.24) is 0 Å². The maximum Gasteiger partial charge on any atom is -0.0388 e. The van der Waals surface area contributed by atoms with Gasteiger partial charge in [-0.05, 0) is 23.7 Å². The molecule has 2 aliphatic carbocycles. The molecule has 0 heteroatoms. The van der Waals surface area contributed by atoms with Crippen molar-refractivity contribution in [3.05, 3.63) is 0 Å². The van der Waals surface area contributed by atoms with Crippen LogP contribution in [-0.2, 0) is 0 Å². The summed E-state index contributed by atoms with van der Waals surface area (Å²) in [5.41, 5.74) is 0. The Labute approximate surface area is 153 Å². The van der Waals surface area contributed by atoms with E-state index in [9.17, 15) is 0 Å². The standard InChI is InChI=1S/C24H46/c1-21(23-17-11-7-12-18-23)15-9-5-3-4-6-10-16-22(2)24-19-13-8-14-20-24/h21-24H,3-20H2,1-2H3. The molecule has 2 fully saturated rings. The summed E-state index contributed by atoms with van der Waals surface area (Å²) in [6.07, 6.45) is 27.1. The molecular weight excluding hydrogens is 288 g/mol. The van der Waals surface area contributed by atoms with E-state index in [-0.39, 0.29) is 0 Å². The summed E-state index contributed by atoms with van der Waals surface area (Å²) >= 11 is 0. The van der Waals surface area contributed by atoms with E-state index in [1.165, 1.54) is 116 Å². The summed E-state index contributed by atoms with van der Waals surface area (Å²) in [6.45, 7) is 5.06. The molecule has 0 aromatic heterocycles. The van der Waals surface area contributed by atoms with Crippen LogP contribution in [0.3, 0.4) is 0 Å². The Kier molecular flexibility index (Phi) is 10.5. The zero-order valence-corrected chi connectivity index (χ0v) is 17.0. The molecule has 0 N–H and O–H groups in total. The Balaban J connectivity index is 1.38. The quantitative estimate of drug-likeness (QED) is 0.332. The minimum atomic E-state index is 1.00. The van der Waals surface area contributed by atoms with Gasteiger partial charge in [-0.15, -0.1) is 0 Å². The Morgan fingerprint density at radius 3 is 1.21 bits per heavy atom. The molecule has 2 saturated carbocycles. The van der Waals surface area contributed by atoms with E-state index in [1.807, 2.05) is 0 Å². The lowest BCUT2D eigenvalue weighted by atomic mass is 9.78. The van der Waals surface area contributed by atoms with Crippen LogP contribution < -0.4 is 0 Å². The molecule has 0 aliphatic heterocycles. The highest BCUT2D eigenvalue weighted by Gasteiger charge is 2.20. The summed E-state index contributed by atoms with van der Waals surface area (Å²) in [5.74, 6) is 4.14. The highest BCUT2D eigenvalue weighted by atomic mass is 14.3. The summed E-state index contributed by atoms with van der Waals surface area (Å²) < 4.78 is 0. The van der Waals surface area contributed by atoms with E-state index in [0.29, 0.717) is 0 Å². The molecule has 0 saturated heterocycles. The van der Waals surface area contributed by atoms with Crippen molar-refractivity contribution in [3.8, 4) is 0 Å². The van der Waals surface area contributed by atoms with Gasteiger partial charge in [0.1, 0.15) is 0 Å². The lowest BCUT2D eigenvalue weighted by Gasteiger charge is -2.27. The molecule has 0 heterocycles. The smallest absolute Gasteiger partial charge is 0.0388 e. The Hall–Kier alpha value is 0. The molecule has 2 unspecified atom stereocenters. The van der Waals surface area contributed by atoms with Gasteiger partial charge in [0, 0.05) is 0 Å². The predicted molar refractivity (Wildman–Crippen MR) is 108 cm³/mol. The van der Waals surface area contributed by atoms with Crippen molar-refractivity contribution >= 4 is 0 Å². The largest absolute Gasteiger partial charge is 0.0622 e. The molecule has 0 amide bonds. The van der Waals surface area contributed by atoms with Crippen LogP contribution in [0.1, 0.15) is 129 Å². The minimum Gasteiger partial charge on any atom is -0.0622 e. The monoisotopic (exact) mass is 334 g/mol. The third kappa shape index (κ3) is 7.92. The van der Waals surface area contributed by atoms with Crippen LogP contribution in [0.5, 0.6) is 0 Å². The van der Waals surface area contributed by atoms with Crippen LogP contribution in [0.2, 0.25) is 0 Å². The van der Waals surface area contributed by atoms with Crippen molar-refractivity contribution in [3.63, 3.8) is 0 Å². The summed E-state index contributed by atoms with van der Waals surface area (Å²) in [5, 5.41) is 0. The zero-order chi connectivity index (χ0) is 17.0. The molecule has 2 atom stereocenters. The first-order chi connectivity index (χ1) is 11.8. The molecule has 24 heavy (non-hydrogen) atoms. The SMILES string of the molecule is CC(CCCCCCCCC(C)C1CCCCC1)C1CCCCC1. The molecule has 0 spiro atoms. The predicted octanol–water partition coefficient (Wildman–Crippen LogP) is 8.54. The average Bonchev–Trinajstić information content (AvgIpc) is 2.65. The normalized spacial score (nSPS) is 23.2. The van der Waals surface area contributed by atoms with Gasteiger partial charge in [0.25, 0.3) is 0 Å². The summed E-state index contributed by atoms with van der Waals surface area (Å²) in [7, 11) is 0. The van der Waals surface area contributed by atoms with E-state index in [4.69, 9.17) is 0 Å². The van der Waals surface area contributed by atoms with Crippen LogP contribution in [0.15, 0.2) is 0 Å². The average molecular weight is 335 g/mol. The molecule has 2 rings (SSSR count). The van der Waals surface area contributed by atoms with Gasteiger partial charge in [-0.3, -0.25) is 0 Å². The van der Waals surface area contributed by atoms with E-state index >= 15 is 0 Å². The highest BCUT2D eigenvalue weighted by molar-refractivity contribution is 4.72. The third-order valence-electron chi connectivity index (χ3n) is 7.48. The van der Waals surface area contributed by atoms with Crippen LogP contribution in [0.25, 0.3) is 0 Å². The molecule has 0 aromatic carbocycles. The summed E-state index contributed by atoms with van der Waals surface area (Å²) in [4.78, 5) is 0. The third-order valence-corrected chi connectivity index (χ3v) is 7.48. The van der Waals surface area contributed by atoms with Crippen LogP contribution >= 0.6 is 0 Å². The molecular formula is C24H46. The molecule has 0 bridgehead atoms. The Bertz CT molecular complexity index is 252. The topological polar surface area (TPSA) is 0 Å². The van der Waals surface area contributed by atoms with E-state index < -0.39 is 0 Å². The van der Waals surface area contributed by atoms with Crippen LogP contribution in [0.4, 0.5) is 0 Å². The number of hydrogen-bond donors (Lipinski definition) is 0. The number of hydrogen-bond acceptors (Lipinski definition) is 0. The first kappa shape index (κ1) is 20.3. The fourth-order valence-corrected chi connectivity index (χ4v) is 5.52. The summed E-state index contributed by atoms with van der Waals surface area (Å²) in [6, 6.07) is 0. The molecule has 0 nitrogen and oxygen atoms in total. The van der Waals surface area contributed by atoms with Crippen molar-refractivity contribution in [2.24, 2.45) is 23.7 Å². The fourth-order valence-electron chi connectivity index (χ4n) is 5.52. The van der Waals surface area contributed by atoms with Gasteiger partial charge >= 0.3 is 0 Å². The van der Waals surface area contributed by atoms with E-state index in [2.05, 4.69) is 13.8 Å². The Morgan fingerprint density at radius 2 is 0.833 bits per heavy atom. The van der Waals surface area contributed by atoms with Gasteiger partial charge in [-0.25, -0.2) is 0 Å². The zero-order valence-electron chi connectivity index (χ0n) is 17.0. The van der Waals surface area contributed by atoms with Crippen molar-refractivity contribution in [2.75, 3.05) is 0 Å². The lowest BCUT2D eigenvalue weighted by molar-refractivity contribution is 0.245. The maximum atomic E-state index is 2.53. The van der Waals surface area contributed by atoms with Crippen molar-refractivity contribution in [2.45, 2.75) is 129 Å². The van der Waals surface area contributed by atoms with Crippen molar-refractivity contribution in [1.29, 1.82) is 0 Å². The number of rotatable bonds is 11. The molecule has 0 aromatic rings. The van der Waals surface area contributed by atoms with Gasteiger partial charge in [-0.1, -0.05) is 129 Å². The molecule has 142 valence electrons.